The molecule has 258 valence electrons. The molecule has 0 aliphatic carbocycles. The average molecular weight is 719 g/mol. The fourth-order valence-electron chi connectivity index (χ4n) is 8.49. The Morgan fingerprint density at radius 1 is 0.364 bits per heavy atom. The Bertz CT molecular complexity index is 3130. The van der Waals surface area contributed by atoms with E-state index >= 15 is 0 Å². The third-order valence-electron chi connectivity index (χ3n) is 11.0. The summed E-state index contributed by atoms with van der Waals surface area (Å²) in [4.78, 5) is 2.37. The highest BCUT2D eigenvalue weighted by atomic mass is 32.1. The Kier molecular flexibility index (Phi) is 7.39. The standard InChI is InChI=1S/C52H34N2S/c1-3-13-35(14-4-1)42-21-11-15-37-16-12-22-43(52(37)42)36-25-27-39(28-26-36)53(38-17-5-2-6-18-38)40-29-31-46-47-32-30-41(34-51(47)55-50(46)33-40)54-48-23-9-7-19-44(48)45-20-8-10-24-49(45)54/h1-34H. The molecule has 0 N–H and O–H groups in total. The number of fused-ring (bicyclic) bond motifs is 7. The molecule has 55 heavy (non-hydrogen) atoms. The molecular formula is C52H34N2S. The number of para-hydroxylation sites is 3. The predicted octanol–water partition coefficient (Wildman–Crippen LogP) is 15.1. The Hall–Kier alpha value is -6.94. The number of nitrogens with zero attached hydrogens (tertiary/aromatic N) is 2. The maximum Gasteiger partial charge on any atom is 0.0541 e. The second-order valence-corrected chi connectivity index (χ2v) is 15.2. The van der Waals surface area contributed by atoms with Crippen molar-refractivity contribution in [3.05, 3.63) is 206 Å². The van der Waals surface area contributed by atoms with E-state index in [9.17, 15) is 0 Å². The Morgan fingerprint density at radius 3 is 1.56 bits per heavy atom. The largest absolute Gasteiger partial charge is 0.310 e. The molecule has 0 radical (unpaired) electrons. The number of aromatic nitrogens is 1. The fourth-order valence-corrected chi connectivity index (χ4v) is 9.66. The van der Waals surface area contributed by atoms with Crippen LogP contribution in [0.2, 0.25) is 0 Å². The van der Waals surface area contributed by atoms with Crippen molar-refractivity contribution in [3.63, 3.8) is 0 Å². The van der Waals surface area contributed by atoms with Gasteiger partial charge in [0.05, 0.1) is 11.0 Å². The van der Waals surface area contributed by atoms with Crippen molar-refractivity contribution >= 4 is 81.1 Å². The van der Waals surface area contributed by atoms with E-state index in [-0.39, 0.29) is 0 Å². The molecule has 0 aliphatic rings. The summed E-state index contributed by atoms with van der Waals surface area (Å²) in [5.41, 5.74) is 11.9. The Morgan fingerprint density at radius 2 is 0.891 bits per heavy atom. The summed E-state index contributed by atoms with van der Waals surface area (Å²) >= 11 is 1.87. The lowest BCUT2D eigenvalue weighted by atomic mass is 9.91. The van der Waals surface area contributed by atoms with Gasteiger partial charge < -0.3 is 9.47 Å². The topological polar surface area (TPSA) is 8.17 Å². The third kappa shape index (κ3) is 5.24. The van der Waals surface area contributed by atoms with Gasteiger partial charge in [-0.1, -0.05) is 146 Å². The highest BCUT2D eigenvalue weighted by Crippen LogP contribution is 2.43. The minimum atomic E-state index is 1.12. The lowest BCUT2D eigenvalue weighted by Crippen LogP contribution is -2.09. The van der Waals surface area contributed by atoms with Gasteiger partial charge in [-0.25, -0.2) is 0 Å². The highest BCUT2D eigenvalue weighted by molar-refractivity contribution is 7.25. The number of thiophene rings is 1. The van der Waals surface area contributed by atoms with Crippen molar-refractivity contribution in [1.82, 2.24) is 4.57 Å². The molecule has 2 aromatic heterocycles. The number of hydrogen-bond acceptors (Lipinski definition) is 2. The van der Waals surface area contributed by atoms with Crippen molar-refractivity contribution in [1.29, 1.82) is 0 Å². The molecule has 0 spiro atoms. The molecule has 0 aliphatic heterocycles. The van der Waals surface area contributed by atoms with Crippen LogP contribution in [0.3, 0.4) is 0 Å². The van der Waals surface area contributed by atoms with Gasteiger partial charge in [0.15, 0.2) is 0 Å². The first-order valence-corrected chi connectivity index (χ1v) is 19.6. The minimum Gasteiger partial charge on any atom is -0.310 e. The van der Waals surface area contributed by atoms with Gasteiger partial charge in [0.2, 0.25) is 0 Å². The van der Waals surface area contributed by atoms with Crippen LogP contribution in [0.25, 0.3) is 80.7 Å². The lowest BCUT2D eigenvalue weighted by Gasteiger charge is -2.26. The monoisotopic (exact) mass is 718 g/mol. The van der Waals surface area contributed by atoms with Gasteiger partial charge in [-0.2, -0.15) is 0 Å². The molecule has 0 unspecified atom stereocenters. The summed E-state index contributed by atoms with van der Waals surface area (Å²) in [6.07, 6.45) is 0. The van der Waals surface area contributed by atoms with E-state index in [1.54, 1.807) is 0 Å². The zero-order valence-electron chi connectivity index (χ0n) is 29.9. The number of benzene rings is 9. The van der Waals surface area contributed by atoms with Gasteiger partial charge in [0, 0.05) is 53.7 Å². The summed E-state index contributed by atoms with van der Waals surface area (Å²) in [5.74, 6) is 0. The van der Waals surface area contributed by atoms with E-state index in [0.717, 1.165) is 17.1 Å². The average Bonchev–Trinajstić information content (AvgIpc) is 3.79. The molecule has 0 bridgehead atoms. The van der Waals surface area contributed by atoms with Gasteiger partial charge in [-0.3, -0.25) is 0 Å². The van der Waals surface area contributed by atoms with Crippen LogP contribution in [0.1, 0.15) is 0 Å². The van der Waals surface area contributed by atoms with Crippen LogP contribution >= 0.6 is 11.3 Å². The summed E-state index contributed by atoms with van der Waals surface area (Å²) in [5, 5.41) is 7.65. The Labute approximate surface area is 323 Å². The van der Waals surface area contributed by atoms with E-state index in [0.29, 0.717) is 0 Å². The van der Waals surface area contributed by atoms with E-state index in [2.05, 4.69) is 216 Å². The van der Waals surface area contributed by atoms with Gasteiger partial charge in [-0.15, -0.1) is 11.3 Å². The summed E-state index contributed by atoms with van der Waals surface area (Å²) in [6, 6.07) is 75.0. The molecule has 11 aromatic rings. The normalized spacial score (nSPS) is 11.6. The van der Waals surface area contributed by atoms with Crippen molar-refractivity contribution in [2.75, 3.05) is 4.90 Å². The molecule has 11 rings (SSSR count). The van der Waals surface area contributed by atoms with Crippen molar-refractivity contribution in [3.8, 4) is 27.9 Å². The van der Waals surface area contributed by atoms with Crippen LogP contribution in [-0.2, 0) is 0 Å². The van der Waals surface area contributed by atoms with E-state index in [1.165, 1.54) is 80.7 Å². The van der Waals surface area contributed by atoms with Crippen LogP contribution in [0.4, 0.5) is 17.1 Å². The molecule has 0 saturated carbocycles. The van der Waals surface area contributed by atoms with Crippen molar-refractivity contribution in [2.45, 2.75) is 0 Å². The van der Waals surface area contributed by atoms with E-state index in [4.69, 9.17) is 0 Å². The van der Waals surface area contributed by atoms with Gasteiger partial charge in [-0.05, 0) is 93.7 Å². The van der Waals surface area contributed by atoms with Gasteiger partial charge >= 0.3 is 0 Å². The number of rotatable bonds is 6. The van der Waals surface area contributed by atoms with Crippen LogP contribution < -0.4 is 4.90 Å². The number of anilines is 3. The van der Waals surface area contributed by atoms with E-state index in [1.807, 2.05) is 11.3 Å². The predicted molar refractivity (Wildman–Crippen MR) is 237 cm³/mol. The molecule has 0 atom stereocenters. The maximum atomic E-state index is 2.40. The lowest BCUT2D eigenvalue weighted by molar-refractivity contribution is 1.19. The second kappa shape index (κ2) is 12.9. The number of hydrogen-bond donors (Lipinski definition) is 0. The molecule has 0 saturated heterocycles. The molecule has 2 nitrogen and oxygen atoms in total. The Balaban J connectivity index is 1.01. The van der Waals surface area contributed by atoms with Crippen LogP contribution in [-0.4, -0.2) is 4.57 Å². The second-order valence-electron chi connectivity index (χ2n) is 14.1. The summed E-state index contributed by atoms with van der Waals surface area (Å²) in [6.45, 7) is 0. The summed E-state index contributed by atoms with van der Waals surface area (Å²) < 4.78 is 4.96. The molecule has 2 heterocycles. The first-order chi connectivity index (χ1) is 27.3. The zero-order valence-corrected chi connectivity index (χ0v) is 30.7. The molecule has 0 amide bonds. The highest BCUT2D eigenvalue weighted by Gasteiger charge is 2.17. The summed E-state index contributed by atoms with van der Waals surface area (Å²) in [7, 11) is 0. The van der Waals surface area contributed by atoms with Crippen LogP contribution in [0, 0.1) is 0 Å². The van der Waals surface area contributed by atoms with Crippen LogP contribution in [0.5, 0.6) is 0 Å². The van der Waals surface area contributed by atoms with Gasteiger partial charge in [0.1, 0.15) is 0 Å². The van der Waals surface area contributed by atoms with Crippen molar-refractivity contribution in [2.24, 2.45) is 0 Å². The van der Waals surface area contributed by atoms with Crippen molar-refractivity contribution < 1.29 is 0 Å². The smallest absolute Gasteiger partial charge is 0.0541 e. The van der Waals surface area contributed by atoms with E-state index < -0.39 is 0 Å². The maximum absolute atomic E-state index is 2.40. The first kappa shape index (κ1) is 31.6. The molecule has 0 fully saturated rings. The molecular weight excluding hydrogens is 685 g/mol. The molecule has 3 heteroatoms. The SMILES string of the molecule is c1ccc(-c2cccc3cccc(-c4ccc(N(c5ccccc5)c5ccc6c(c5)sc5cc(-n7c8ccccc8c8ccccc87)ccc56)cc4)c23)cc1. The quantitative estimate of drug-likeness (QED) is 0.166. The zero-order chi connectivity index (χ0) is 36.3. The minimum absolute atomic E-state index is 1.12. The fraction of sp³-hybridized carbons (Fsp3) is 0. The van der Waals surface area contributed by atoms with Crippen LogP contribution in [0.15, 0.2) is 206 Å². The first-order valence-electron chi connectivity index (χ1n) is 18.8. The van der Waals surface area contributed by atoms with Gasteiger partial charge in [0.25, 0.3) is 0 Å². The third-order valence-corrected chi connectivity index (χ3v) is 12.1. The molecule has 9 aromatic carbocycles.